The zero-order valence-corrected chi connectivity index (χ0v) is 14.5. The molecule has 1 N–H and O–H groups in total. The molecule has 0 bridgehead atoms. The van der Waals surface area contributed by atoms with E-state index in [0.29, 0.717) is 23.4 Å². The quantitative estimate of drug-likeness (QED) is 0.681. The van der Waals surface area contributed by atoms with Gasteiger partial charge in [-0.05, 0) is 66.6 Å². The van der Waals surface area contributed by atoms with E-state index in [-0.39, 0.29) is 5.41 Å². The molecule has 5 atom stereocenters. The van der Waals surface area contributed by atoms with Gasteiger partial charge in [-0.15, -0.1) is 0 Å². The summed E-state index contributed by atoms with van der Waals surface area (Å²) < 4.78 is 0. The van der Waals surface area contributed by atoms with Gasteiger partial charge in [0.2, 0.25) is 0 Å². The van der Waals surface area contributed by atoms with Gasteiger partial charge in [0, 0.05) is 6.61 Å². The van der Waals surface area contributed by atoms with Gasteiger partial charge in [0.15, 0.2) is 0 Å². The molecule has 0 radical (unpaired) electrons. The van der Waals surface area contributed by atoms with E-state index >= 15 is 0 Å². The first-order valence-corrected chi connectivity index (χ1v) is 9.18. The van der Waals surface area contributed by atoms with Gasteiger partial charge in [-0.25, -0.2) is 0 Å². The standard InChI is InChI=1S/C20H34O/c1-5-18(2)12-9-16-15(13-18)7-8-17-19(3,14-21)10-6-11-20(16,17)4/h9,15,17,21H,5-8,10-14H2,1-4H3/t15-,17+,18-,19-,20-/m0/s1. The average Bonchev–Trinajstić information content (AvgIpc) is 2.46. The van der Waals surface area contributed by atoms with Crippen molar-refractivity contribution < 1.29 is 5.11 Å². The minimum absolute atomic E-state index is 0.157. The fourth-order valence-electron chi connectivity index (χ4n) is 6.10. The highest BCUT2D eigenvalue weighted by molar-refractivity contribution is 5.27. The highest BCUT2D eigenvalue weighted by Crippen LogP contribution is 2.63. The SMILES string of the molecule is CC[C@@]1(C)CC=C2[C@@H](CC[C@@H]3[C@](C)(CO)CCC[C@@]23C)C1. The number of hydrogen-bond acceptors (Lipinski definition) is 1. The Morgan fingerprint density at radius 1 is 1.19 bits per heavy atom. The van der Waals surface area contributed by atoms with Crippen LogP contribution in [0.15, 0.2) is 11.6 Å². The van der Waals surface area contributed by atoms with Crippen LogP contribution >= 0.6 is 0 Å². The molecule has 21 heavy (non-hydrogen) atoms. The van der Waals surface area contributed by atoms with E-state index < -0.39 is 0 Å². The van der Waals surface area contributed by atoms with Crippen LogP contribution in [0.4, 0.5) is 0 Å². The Labute approximate surface area is 131 Å². The number of aliphatic hydroxyl groups excluding tert-OH is 1. The van der Waals surface area contributed by atoms with Gasteiger partial charge in [-0.1, -0.05) is 52.2 Å². The van der Waals surface area contributed by atoms with Crippen molar-refractivity contribution in [3.05, 3.63) is 11.6 Å². The lowest BCUT2D eigenvalue weighted by molar-refractivity contribution is -0.0571. The third-order valence-electron chi connectivity index (χ3n) is 7.73. The van der Waals surface area contributed by atoms with Crippen molar-refractivity contribution in [3.8, 4) is 0 Å². The molecule has 1 heteroatoms. The van der Waals surface area contributed by atoms with Crippen molar-refractivity contribution in [2.45, 2.75) is 79.1 Å². The summed E-state index contributed by atoms with van der Waals surface area (Å²) in [5.74, 6) is 1.52. The molecule has 0 heterocycles. The summed E-state index contributed by atoms with van der Waals surface area (Å²) >= 11 is 0. The molecular weight excluding hydrogens is 256 g/mol. The summed E-state index contributed by atoms with van der Waals surface area (Å²) in [6, 6.07) is 0. The number of rotatable bonds is 2. The molecule has 0 unspecified atom stereocenters. The van der Waals surface area contributed by atoms with Crippen LogP contribution in [0, 0.1) is 28.1 Å². The fraction of sp³-hybridized carbons (Fsp3) is 0.900. The Hall–Kier alpha value is -0.300. The van der Waals surface area contributed by atoms with Gasteiger partial charge in [0.1, 0.15) is 0 Å². The topological polar surface area (TPSA) is 20.2 Å². The number of aliphatic hydroxyl groups is 1. The molecule has 3 rings (SSSR count). The molecule has 2 fully saturated rings. The molecule has 0 aromatic heterocycles. The summed E-state index contributed by atoms with van der Waals surface area (Å²) in [5.41, 5.74) is 2.84. The zero-order valence-electron chi connectivity index (χ0n) is 14.5. The Bertz CT molecular complexity index is 439. The van der Waals surface area contributed by atoms with Gasteiger partial charge < -0.3 is 5.11 Å². The molecular formula is C20H34O. The molecule has 0 saturated heterocycles. The van der Waals surface area contributed by atoms with Crippen molar-refractivity contribution in [2.75, 3.05) is 6.61 Å². The van der Waals surface area contributed by atoms with Gasteiger partial charge in [0.25, 0.3) is 0 Å². The molecule has 2 saturated carbocycles. The Kier molecular flexibility index (Phi) is 3.80. The highest BCUT2D eigenvalue weighted by atomic mass is 16.3. The van der Waals surface area contributed by atoms with Crippen LogP contribution in [-0.4, -0.2) is 11.7 Å². The summed E-state index contributed by atoms with van der Waals surface area (Å²) in [6.07, 6.45) is 13.1. The van der Waals surface area contributed by atoms with E-state index in [0.717, 1.165) is 5.92 Å². The van der Waals surface area contributed by atoms with Gasteiger partial charge in [0.05, 0.1) is 0 Å². The van der Waals surface area contributed by atoms with Crippen molar-refractivity contribution in [1.29, 1.82) is 0 Å². The number of fused-ring (bicyclic) bond motifs is 3. The lowest BCUT2D eigenvalue weighted by Gasteiger charge is -2.59. The monoisotopic (exact) mass is 290 g/mol. The minimum atomic E-state index is 0.157. The minimum Gasteiger partial charge on any atom is -0.396 e. The molecule has 0 aromatic carbocycles. The average molecular weight is 290 g/mol. The third kappa shape index (κ3) is 2.31. The zero-order chi connectivity index (χ0) is 15.3. The number of hydrogen-bond donors (Lipinski definition) is 1. The van der Waals surface area contributed by atoms with E-state index in [9.17, 15) is 5.11 Å². The molecule has 1 nitrogen and oxygen atoms in total. The molecule has 3 aliphatic carbocycles. The van der Waals surface area contributed by atoms with Crippen LogP contribution in [-0.2, 0) is 0 Å². The molecule has 0 amide bonds. The van der Waals surface area contributed by atoms with E-state index in [1.807, 2.05) is 0 Å². The van der Waals surface area contributed by atoms with Crippen LogP contribution in [0.25, 0.3) is 0 Å². The van der Waals surface area contributed by atoms with E-state index in [1.54, 1.807) is 5.57 Å². The van der Waals surface area contributed by atoms with E-state index in [1.165, 1.54) is 51.4 Å². The summed E-state index contributed by atoms with van der Waals surface area (Å²) in [6.45, 7) is 10.1. The molecule has 0 aliphatic heterocycles. The van der Waals surface area contributed by atoms with Crippen molar-refractivity contribution >= 4 is 0 Å². The first kappa shape index (κ1) is 15.6. The van der Waals surface area contributed by atoms with Gasteiger partial charge >= 0.3 is 0 Å². The first-order valence-electron chi connectivity index (χ1n) is 9.18. The van der Waals surface area contributed by atoms with Gasteiger partial charge in [-0.2, -0.15) is 0 Å². The predicted octanol–water partition coefficient (Wildman–Crippen LogP) is 5.34. The van der Waals surface area contributed by atoms with E-state index in [2.05, 4.69) is 33.8 Å². The van der Waals surface area contributed by atoms with Crippen LogP contribution in [0.5, 0.6) is 0 Å². The molecule has 3 aliphatic rings. The van der Waals surface area contributed by atoms with Crippen LogP contribution in [0.3, 0.4) is 0 Å². The van der Waals surface area contributed by atoms with Gasteiger partial charge in [-0.3, -0.25) is 0 Å². The Morgan fingerprint density at radius 3 is 2.62 bits per heavy atom. The molecule has 120 valence electrons. The maximum Gasteiger partial charge on any atom is 0.0487 e. The van der Waals surface area contributed by atoms with Crippen LogP contribution in [0.1, 0.15) is 79.1 Å². The van der Waals surface area contributed by atoms with E-state index in [4.69, 9.17) is 0 Å². The molecule has 0 aromatic rings. The predicted molar refractivity (Wildman–Crippen MR) is 89.1 cm³/mol. The summed E-state index contributed by atoms with van der Waals surface area (Å²) in [4.78, 5) is 0. The Morgan fingerprint density at radius 2 is 1.95 bits per heavy atom. The van der Waals surface area contributed by atoms with Crippen molar-refractivity contribution in [3.63, 3.8) is 0 Å². The smallest absolute Gasteiger partial charge is 0.0487 e. The number of allylic oxidation sites excluding steroid dienone is 2. The molecule has 0 spiro atoms. The lowest BCUT2D eigenvalue weighted by Crippen LogP contribution is -2.51. The maximum absolute atomic E-state index is 10.0. The lowest BCUT2D eigenvalue weighted by atomic mass is 9.46. The highest BCUT2D eigenvalue weighted by Gasteiger charge is 2.54. The maximum atomic E-state index is 10.0. The first-order chi connectivity index (χ1) is 9.87. The fourth-order valence-corrected chi connectivity index (χ4v) is 6.10. The second-order valence-corrected chi connectivity index (χ2v) is 9.14. The normalized spacial score (nSPS) is 50.0. The summed E-state index contributed by atoms with van der Waals surface area (Å²) in [5, 5.41) is 10.0. The Balaban J connectivity index is 1.95. The largest absolute Gasteiger partial charge is 0.396 e. The second kappa shape index (κ2) is 5.11. The van der Waals surface area contributed by atoms with Crippen LogP contribution < -0.4 is 0 Å². The third-order valence-corrected chi connectivity index (χ3v) is 7.73. The summed E-state index contributed by atoms with van der Waals surface area (Å²) in [7, 11) is 0. The second-order valence-electron chi connectivity index (χ2n) is 9.14. The van der Waals surface area contributed by atoms with Crippen LogP contribution in [0.2, 0.25) is 0 Å². The van der Waals surface area contributed by atoms with Crippen molar-refractivity contribution in [2.24, 2.45) is 28.1 Å². The van der Waals surface area contributed by atoms with Crippen molar-refractivity contribution in [1.82, 2.24) is 0 Å².